The van der Waals surface area contributed by atoms with Crippen molar-refractivity contribution in [1.29, 1.82) is 0 Å². The van der Waals surface area contributed by atoms with Crippen LogP contribution >= 0.6 is 0 Å². The van der Waals surface area contributed by atoms with Crippen molar-refractivity contribution < 1.29 is 9.47 Å². The summed E-state index contributed by atoms with van der Waals surface area (Å²) in [6, 6.07) is 7.94. The molecule has 1 saturated carbocycles. The summed E-state index contributed by atoms with van der Waals surface area (Å²) in [7, 11) is 1.75. The monoisotopic (exact) mass is 235 g/mol. The summed E-state index contributed by atoms with van der Waals surface area (Å²) in [5, 5.41) is 0. The Kier molecular flexibility index (Phi) is 4.02. The topological polar surface area (TPSA) is 44.5 Å². The second-order valence-corrected chi connectivity index (χ2v) is 4.57. The smallest absolute Gasteiger partial charge is 0.119 e. The Morgan fingerprint density at radius 3 is 2.76 bits per heavy atom. The number of methoxy groups -OCH3 is 1. The van der Waals surface area contributed by atoms with Crippen LogP contribution in [-0.4, -0.2) is 19.8 Å². The van der Waals surface area contributed by atoms with E-state index in [4.69, 9.17) is 15.2 Å². The highest BCUT2D eigenvalue weighted by Gasteiger charge is 2.35. The average molecular weight is 235 g/mol. The van der Waals surface area contributed by atoms with Gasteiger partial charge in [-0.1, -0.05) is 12.1 Å². The predicted molar refractivity (Wildman–Crippen MR) is 68.1 cm³/mol. The van der Waals surface area contributed by atoms with Crippen molar-refractivity contribution >= 4 is 0 Å². The molecule has 0 aromatic heterocycles. The number of benzene rings is 1. The molecule has 1 aliphatic rings. The molecule has 2 unspecified atom stereocenters. The third-order valence-corrected chi connectivity index (χ3v) is 3.27. The Morgan fingerprint density at radius 1 is 1.41 bits per heavy atom. The average Bonchev–Trinajstić information content (AvgIpc) is 3.15. The van der Waals surface area contributed by atoms with E-state index in [0.717, 1.165) is 11.3 Å². The molecule has 1 aromatic rings. The number of ether oxygens (including phenoxy) is 2. The van der Waals surface area contributed by atoms with Gasteiger partial charge in [-0.3, -0.25) is 0 Å². The maximum atomic E-state index is 6.28. The van der Waals surface area contributed by atoms with E-state index in [2.05, 4.69) is 0 Å². The molecule has 0 aliphatic heterocycles. The van der Waals surface area contributed by atoms with Crippen molar-refractivity contribution in [2.45, 2.75) is 31.9 Å². The number of nitrogens with two attached hydrogens (primary N) is 1. The first-order chi connectivity index (χ1) is 8.26. The summed E-state index contributed by atoms with van der Waals surface area (Å²) < 4.78 is 11.0. The molecule has 1 aromatic carbocycles. The first kappa shape index (κ1) is 12.4. The van der Waals surface area contributed by atoms with Gasteiger partial charge in [0.2, 0.25) is 0 Å². The lowest BCUT2D eigenvalue weighted by molar-refractivity contribution is 0.0623. The molecule has 3 nitrogen and oxygen atoms in total. The fraction of sp³-hybridized carbons (Fsp3) is 0.571. The highest BCUT2D eigenvalue weighted by Crippen LogP contribution is 2.39. The molecule has 17 heavy (non-hydrogen) atoms. The van der Waals surface area contributed by atoms with E-state index in [1.54, 1.807) is 7.11 Å². The van der Waals surface area contributed by atoms with Gasteiger partial charge in [0.25, 0.3) is 0 Å². The van der Waals surface area contributed by atoms with Crippen LogP contribution in [0.5, 0.6) is 5.75 Å². The van der Waals surface area contributed by atoms with Gasteiger partial charge in [-0.05, 0) is 43.4 Å². The Balaban J connectivity index is 2.11. The molecule has 0 bridgehead atoms. The van der Waals surface area contributed by atoms with Crippen molar-refractivity contribution in [3.8, 4) is 5.75 Å². The quantitative estimate of drug-likeness (QED) is 0.824. The molecule has 94 valence electrons. The lowest BCUT2D eigenvalue weighted by atomic mass is 9.99. The highest BCUT2D eigenvalue weighted by molar-refractivity contribution is 5.31. The lowest BCUT2D eigenvalue weighted by Crippen LogP contribution is -2.29. The minimum Gasteiger partial charge on any atom is -0.494 e. The van der Waals surface area contributed by atoms with Crippen LogP contribution in [0.15, 0.2) is 24.3 Å². The molecule has 0 amide bonds. The van der Waals surface area contributed by atoms with E-state index >= 15 is 0 Å². The van der Waals surface area contributed by atoms with Crippen LogP contribution in [0, 0.1) is 5.92 Å². The van der Waals surface area contributed by atoms with Gasteiger partial charge in [0, 0.05) is 7.11 Å². The predicted octanol–water partition coefficient (Wildman–Crippen LogP) is 2.51. The summed E-state index contributed by atoms with van der Waals surface area (Å²) >= 11 is 0. The molecule has 1 fully saturated rings. The van der Waals surface area contributed by atoms with Crippen molar-refractivity contribution in [1.82, 2.24) is 0 Å². The van der Waals surface area contributed by atoms with E-state index in [0.29, 0.717) is 12.5 Å². The van der Waals surface area contributed by atoms with Gasteiger partial charge in [-0.15, -0.1) is 0 Å². The molecule has 3 heteroatoms. The highest BCUT2D eigenvalue weighted by atomic mass is 16.5. The SMILES string of the molecule is CCOc1cccc(C(N)C(OC)C2CC2)c1. The first-order valence-corrected chi connectivity index (χ1v) is 6.27. The third kappa shape index (κ3) is 2.99. The Hall–Kier alpha value is -1.06. The summed E-state index contributed by atoms with van der Waals surface area (Å²) in [5.41, 5.74) is 7.37. The molecule has 0 saturated heterocycles. The van der Waals surface area contributed by atoms with E-state index < -0.39 is 0 Å². The minimum atomic E-state index is -0.0621. The minimum absolute atomic E-state index is 0.0621. The van der Waals surface area contributed by atoms with Crippen LogP contribution in [0.3, 0.4) is 0 Å². The molecular formula is C14H21NO2. The maximum absolute atomic E-state index is 6.28. The van der Waals surface area contributed by atoms with E-state index in [-0.39, 0.29) is 12.1 Å². The Morgan fingerprint density at radius 2 is 2.18 bits per heavy atom. The van der Waals surface area contributed by atoms with Gasteiger partial charge >= 0.3 is 0 Å². The number of hydrogen-bond acceptors (Lipinski definition) is 3. The standard InChI is InChI=1S/C14H21NO2/c1-3-17-12-6-4-5-11(9-12)13(15)14(16-2)10-7-8-10/h4-6,9-10,13-14H,3,7-8,15H2,1-2H3. The van der Waals surface area contributed by atoms with Gasteiger partial charge in [-0.2, -0.15) is 0 Å². The molecule has 0 spiro atoms. The maximum Gasteiger partial charge on any atom is 0.119 e. The molecule has 2 rings (SSSR count). The van der Waals surface area contributed by atoms with Gasteiger partial charge in [0.1, 0.15) is 5.75 Å². The van der Waals surface area contributed by atoms with Crippen LogP contribution in [-0.2, 0) is 4.74 Å². The Bertz CT molecular complexity index is 363. The van der Waals surface area contributed by atoms with Gasteiger partial charge in [-0.25, -0.2) is 0 Å². The van der Waals surface area contributed by atoms with Crippen LogP contribution in [0.2, 0.25) is 0 Å². The molecular weight excluding hydrogens is 214 g/mol. The molecule has 2 atom stereocenters. The molecule has 1 aliphatic carbocycles. The van der Waals surface area contributed by atoms with E-state index in [1.807, 2.05) is 31.2 Å². The zero-order valence-corrected chi connectivity index (χ0v) is 10.6. The van der Waals surface area contributed by atoms with Crippen LogP contribution in [0.4, 0.5) is 0 Å². The van der Waals surface area contributed by atoms with Gasteiger partial charge in [0.05, 0.1) is 18.8 Å². The number of rotatable bonds is 6. The summed E-state index contributed by atoms with van der Waals surface area (Å²) in [6.07, 6.45) is 2.60. The van der Waals surface area contributed by atoms with Crippen molar-refractivity contribution in [3.63, 3.8) is 0 Å². The molecule has 0 radical (unpaired) electrons. The third-order valence-electron chi connectivity index (χ3n) is 3.27. The summed E-state index contributed by atoms with van der Waals surface area (Å²) in [4.78, 5) is 0. The lowest BCUT2D eigenvalue weighted by Gasteiger charge is -2.23. The van der Waals surface area contributed by atoms with Crippen LogP contribution in [0.25, 0.3) is 0 Å². The number of hydrogen-bond donors (Lipinski definition) is 1. The van der Waals surface area contributed by atoms with Crippen LogP contribution in [0.1, 0.15) is 31.4 Å². The Labute approximate surface area is 103 Å². The van der Waals surface area contributed by atoms with Crippen molar-refractivity contribution in [3.05, 3.63) is 29.8 Å². The van der Waals surface area contributed by atoms with E-state index in [1.165, 1.54) is 12.8 Å². The largest absolute Gasteiger partial charge is 0.494 e. The second-order valence-electron chi connectivity index (χ2n) is 4.57. The van der Waals surface area contributed by atoms with Gasteiger partial charge < -0.3 is 15.2 Å². The van der Waals surface area contributed by atoms with Gasteiger partial charge in [0.15, 0.2) is 0 Å². The molecule has 2 N–H and O–H groups in total. The van der Waals surface area contributed by atoms with E-state index in [9.17, 15) is 0 Å². The fourth-order valence-electron chi connectivity index (χ4n) is 2.23. The van der Waals surface area contributed by atoms with Crippen molar-refractivity contribution in [2.24, 2.45) is 11.7 Å². The second kappa shape index (κ2) is 5.52. The fourth-order valence-corrected chi connectivity index (χ4v) is 2.23. The van der Waals surface area contributed by atoms with Crippen molar-refractivity contribution in [2.75, 3.05) is 13.7 Å². The molecule has 0 heterocycles. The zero-order chi connectivity index (χ0) is 12.3. The van der Waals surface area contributed by atoms with Crippen LogP contribution < -0.4 is 10.5 Å². The first-order valence-electron chi connectivity index (χ1n) is 6.27. The normalized spacial score (nSPS) is 18.8. The summed E-state index contributed by atoms with van der Waals surface area (Å²) in [5.74, 6) is 1.51. The summed E-state index contributed by atoms with van der Waals surface area (Å²) in [6.45, 7) is 2.66. The zero-order valence-electron chi connectivity index (χ0n) is 10.6.